The van der Waals surface area contributed by atoms with Gasteiger partial charge in [0.15, 0.2) is 5.78 Å². The number of nitrogens with zero attached hydrogens (tertiary/aromatic N) is 3. The number of carbonyl (C=O) groups excluding carboxylic acids is 2. The van der Waals surface area contributed by atoms with E-state index in [4.69, 9.17) is 0 Å². The van der Waals surface area contributed by atoms with Crippen molar-refractivity contribution in [2.24, 2.45) is 11.0 Å². The van der Waals surface area contributed by atoms with Crippen LogP contribution < -0.4 is 5.01 Å². The van der Waals surface area contributed by atoms with E-state index in [0.29, 0.717) is 23.5 Å². The number of halogens is 2. The van der Waals surface area contributed by atoms with Crippen LogP contribution >= 0.6 is 0 Å². The molecule has 188 valence electrons. The lowest BCUT2D eigenvalue weighted by atomic mass is 9.92. The van der Waals surface area contributed by atoms with Crippen molar-refractivity contribution in [3.05, 3.63) is 102 Å². The first-order valence-electron chi connectivity index (χ1n) is 12.3. The molecule has 7 heteroatoms. The Morgan fingerprint density at radius 2 is 1.73 bits per heavy atom. The van der Waals surface area contributed by atoms with Crippen LogP contribution in [0, 0.1) is 5.92 Å². The quantitative estimate of drug-likeness (QED) is 0.266. The maximum absolute atomic E-state index is 14.1. The van der Waals surface area contributed by atoms with Gasteiger partial charge in [-0.25, -0.2) is 8.78 Å². The van der Waals surface area contributed by atoms with E-state index >= 15 is 0 Å². The third kappa shape index (κ3) is 4.81. The molecular formula is C30H27F2N3O2. The van der Waals surface area contributed by atoms with Crippen molar-refractivity contribution in [1.29, 1.82) is 0 Å². The van der Waals surface area contributed by atoms with Gasteiger partial charge in [-0.15, -0.1) is 0 Å². The second-order valence-electron chi connectivity index (χ2n) is 9.40. The molecule has 5 nitrogen and oxygen atoms in total. The van der Waals surface area contributed by atoms with Crippen LogP contribution in [0.2, 0.25) is 0 Å². The average molecular weight is 500 g/mol. The van der Waals surface area contributed by atoms with Crippen LogP contribution in [-0.4, -0.2) is 22.0 Å². The predicted octanol–water partition coefficient (Wildman–Crippen LogP) is 6.34. The summed E-state index contributed by atoms with van der Waals surface area (Å²) in [4.78, 5) is 26.5. The lowest BCUT2D eigenvalue weighted by Gasteiger charge is -2.16. The van der Waals surface area contributed by atoms with E-state index in [1.165, 1.54) is 30.1 Å². The summed E-state index contributed by atoms with van der Waals surface area (Å²) in [5, 5.41) is 6.72. The number of hydrogen-bond donors (Lipinski definition) is 0. The first-order valence-corrected chi connectivity index (χ1v) is 12.3. The molecule has 1 aromatic heterocycles. The molecule has 0 aliphatic carbocycles. The smallest absolute Gasteiger partial charge is 0.273 e. The van der Waals surface area contributed by atoms with Gasteiger partial charge >= 0.3 is 0 Å². The number of ketones is 1. The van der Waals surface area contributed by atoms with E-state index in [2.05, 4.69) is 21.8 Å². The number of hydrazone groups is 1. The minimum Gasteiger partial charge on any atom is -0.343 e. The van der Waals surface area contributed by atoms with Gasteiger partial charge in [-0.2, -0.15) is 10.1 Å². The zero-order valence-electron chi connectivity index (χ0n) is 20.7. The topological polar surface area (TPSA) is 54.7 Å². The monoisotopic (exact) mass is 499 g/mol. The number of fused-ring (bicyclic) bond motifs is 1. The normalized spacial score (nSPS) is 15.9. The molecule has 1 amide bonds. The fourth-order valence-electron chi connectivity index (χ4n) is 4.76. The van der Waals surface area contributed by atoms with Crippen LogP contribution in [0.5, 0.6) is 0 Å². The SMILES string of the molecule is CCC(F)(F)c1cccc(CC(=O)C2C(=O)N(c3ccc4ccn(Cc5ccccc5)c4c3)N=C2C)c1. The molecule has 4 aromatic rings. The summed E-state index contributed by atoms with van der Waals surface area (Å²) in [6, 6.07) is 23.6. The van der Waals surface area contributed by atoms with E-state index in [9.17, 15) is 18.4 Å². The molecule has 3 aromatic carbocycles. The van der Waals surface area contributed by atoms with Gasteiger partial charge in [0, 0.05) is 31.1 Å². The Bertz CT molecular complexity index is 1510. The second kappa shape index (κ2) is 9.73. The van der Waals surface area contributed by atoms with Crippen LogP contribution in [0.4, 0.5) is 14.5 Å². The number of benzene rings is 3. The summed E-state index contributed by atoms with van der Waals surface area (Å²) in [6.45, 7) is 3.75. The second-order valence-corrected chi connectivity index (χ2v) is 9.40. The Labute approximate surface area is 214 Å². The molecule has 0 bridgehead atoms. The number of alkyl halides is 2. The minimum atomic E-state index is -2.97. The third-order valence-electron chi connectivity index (χ3n) is 6.82. The fraction of sp³-hybridized carbons (Fsp3) is 0.233. The van der Waals surface area contributed by atoms with Gasteiger partial charge < -0.3 is 4.57 Å². The molecule has 0 N–H and O–H groups in total. The summed E-state index contributed by atoms with van der Waals surface area (Å²) < 4.78 is 30.4. The number of aromatic nitrogens is 1. The van der Waals surface area contributed by atoms with Gasteiger partial charge in [-0.1, -0.05) is 61.5 Å². The predicted molar refractivity (Wildman–Crippen MR) is 141 cm³/mol. The molecule has 0 saturated heterocycles. The molecule has 1 unspecified atom stereocenters. The Balaban J connectivity index is 1.37. The van der Waals surface area contributed by atoms with Crippen molar-refractivity contribution < 1.29 is 18.4 Å². The highest BCUT2D eigenvalue weighted by molar-refractivity contribution is 6.27. The van der Waals surface area contributed by atoms with Crippen molar-refractivity contribution in [2.75, 3.05) is 5.01 Å². The number of hydrogen-bond acceptors (Lipinski definition) is 3. The van der Waals surface area contributed by atoms with Gasteiger partial charge in [0.1, 0.15) is 5.92 Å². The van der Waals surface area contributed by atoms with Crippen molar-refractivity contribution in [2.45, 2.75) is 39.2 Å². The minimum absolute atomic E-state index is 0.121. The van der Waals surface area contributed by atoms with Crippen molar-refractivity contribution in [3.63, 3.8) is 0 Å². The van der Waals surface area contributed by atoms with Gasteiger partial charge in [-0.3, -0.25) is 9.59 Å². The molecule has 37 heavy (non-hydrogen) atoms. The number of amides is 1. The van der Waals surface area contributed by atoms with Gasteiger partial charge in [0.25, 0.3) is 11.8 Å². The molecule has 5 rings (SSSR count). The van der Waals surface area contributed by atoms with Crippen LogP contribution in [0.1, 0.15) is 37.0 Å². The first kappa shape index (κ1) is 24.6. The Morgan fingerprint density at radius 3 is 2.49 bits per heavy atom. The Hall–Kier alpha value is -4.13. The highest BCUT2D eigenvalue weighted by atomic mass is 19.3. The zero-order chi connectivity index (χ0) is 26.2. The zero-order valence-corrected chi connectivity index (χ0v) is 20.7. The van der Waals surface area contributed by atoms with Crippen molar-refractivity contribution in [3.8, 4) is 0 Å². The van der Waals surface area contributed by atoms with Gasteiger partial charge in [0.05, 0.1) is 16.9 Å². The maximum Gasteiger partial charge on any atom is 0.273 e. The van der Waals surface area contributed by atoms with Crippen molar-refractivity contribution >= 4 is 34.0 Å². The van der Waals surface area contributed by atoms with Gasteiger partial charge in [0.2, 0.25) is 0 Å². The lowest BCUT2D eigenvalue weighted by molar-refractivity contribution is -0.128. The van der Waals surface area contributed by atoms with E-state index in [-0.39, 0.29) is 24.2 Å². The number of Topliss-reactive ketones (excluding diaryl/α,β-unsaturated/α-hetero) is 1. The Kier molecular flexibility index (Phi) is 6.46. The summed E-state index contributed by atoms with van der Waals surface area (Å²) in [6.07, 6.45) is 1.55. The highest BCUT2D eigenvalue weighted by Crippen LogP contribution is 2.33. The molecule has 1 atom stereocenters. The molecule has 0 saturated carbocycles. The molecular weight excluding hydrogens is 472 g/mol. The summed E-state index contributed by atoms with van der Waals surface area (Å²) >= 11 is 0. The fourth-order valence-corrected chi connectivity index (χ4v) is 4.76. The van der Waals surface area contributed by atoms with Crippen LogP contribution in [0.3, 0.4) is 0 Å². The molecule has 0 fully saturated rings. The molecule has 0 radical (unpaired) electrons. The standard InChI is InChI=1S/C30H27F2N3O2/c1-3-30(31,32)24-11-7-10-22(16-24)17-27(36)28-20(2)33-35(29(28)37)25-13-12-23-14-15-34(26(23)18-25)19-21-8-5-4-6-9-21/h4-16,18,28H,3,17,19H2,1-2H3. The van der Waals surface area contributed by atoms with E-state index in [0.717, 1.165) is 16.5 Å². The number of anilines is 1. The molecule has 1 aliphatic heterocycles. The van der Waals surface area contributed by atoms with Crippen LogP contribution in [0.15, 0.2) is 90.2 Å². The van der Waals surface area contributed by atoms with Crippen LogP contribution in [-0.2, 0) is 28.5 Å². The van der Waals surface area contributed by atoms with E-state index in [1.54, 1.807) is 13.0 Å². The average Bonchev–Trinajstić information content (AvgIpc) is 3.43. The Morgan fingerprint density at radius 1 is 0.973 bits per heavy atom. The van der Waals surface area contributed by atoms with E-state index < -0.39 is 17.7 Å². The number of carbonyl (C=O) groups is 2. The highest BCUT2D eigenvalue weighted by Gasteiger charge is 2.39. The van der Waals surface area contributed by atoms with Gasteiger partial charge in [-0.05, 0) is 47.7 Å². The number of rotatable bonds is 8. The van der Waals surface area contributed by atoms with E-state index in [1.807, 2.05) is 48.7 Å². The largest absolute Gasteiger partial charge is 0.343 e. The lowest BCUT2D eigenvalue weighted by Crippen LogP contribution is -2.33. The van der Waals surface area contributed by atoms with Crippen molar-refractivity contribution in [1.82, 2.24) is 4.57 Å². The maximum atomic E-state index is 14.1. The third-order valence-corrected chi connectivity index (χ3v) is 6.82. The summed E-state index contributed by atoms with van der Waals surface area (Å²) in [5.41, 5.74) is 3.40. The molecule has 1 aliphatic rings. The molecule has 2 heterocycles. The summed E-state index contributed by atoms with van der Waals surface area (Å²) in [7, 11) is 0. The summed E-state index contributed by atoms with van der Waals surface area (Å²) in [5.74, 6) is -4.80. The molecule has 0 spiro atoms. The van der Waals surface area contributed by atoms with Crippen LogP contribution in [0.25, 0.3) is 10.9 Å². The first-order chi connectivity index (χ1) is 17.8.